The Morgan fingerprint density at radius 1 is 0.324 bits per heavy atom. The molecule has 0 saturated heterocycles. The Balaban J connectivity index is 0.965. The molecule has 68 heavy (non-hydrogen) atoms. The van der Waals surface area contributed by atoms with E-state index in [2.05, 4.69) is 251 Å². The molecule has 2 heteroatoms. The highest BCUT2D eigenvalue weighted by molar-refractivity contribution is 6.12. The minimum atomic E-state index is -0.128. The molecular weight excluding hydrogens is 823 g/mol. The van der Waals surface area contributed by atoms with Gasteiger partial charge in [0.05, 0.1) is 5.69 Å². The summed E-state index contributed by atoms with van der Waals surface area (Å²) in [5, 5.41) is 2.25. The average molecular weight is 872 g/mol. The minimum absolute atomic E-state index is 0.116. The van der Waals surface area contributed by atoms with Gasteiger partial charge in [-0.15, -0.1) is 0 Å². The van der Waals surface area contributed by atoms with Crippen molar-refractivity contribution in [2.24, 2.45) is 0 Å². The second-order valence-corrected chi connectivity index (χ2v) is 19.6. The number of hydrogen-bond acceptors (Lipinski definition) is 2. The zero-order valence-electron chi connectivity index (χ0n) is 38.7. The van der Waals surface area contributed by atoms with Crippen LogP contribution in [0.3, 0.4) is 0 Å². The van der Waals surface area contributed by atoms with E-state index in [4.69, 9.17) is 4.42 Å². The van der Waals surface area contributed by atoms with Crippen molar-refractivity contribution in [2.75, 3.05) is 4.90 Å². The summed E-state index contributed by atoms with van der Waals surface area (Å²) in [4.78, 5) is 2.44. The van der Waals surface area contributed by atoms with Gasteiger partial charge in [-0.25, -0.2) is 0 Å². The van der Waals surface area contributed by atoms with Crippen LogP contribution in [-0.4, -0.2) is 0 Å². The third kappa shape index (κ3) is 6.03. The van der Waals surface area contributed by atoms with Gasteiger partial charge in [0.15, 0.2) is 0 Å². The highest BCUT2D eigenvalue weighted by Crippen LogP contribution is 2.54. The van der Waals surface area contributed by atoms with Crippen LogP contribution in [0.15, 0.2) is 229 Å². The molecule has 2 nitrogen and oxygen atoms in total. The van der Waals surface area contributed by atoms with Crippen molar-refractivity contribution in [1.29, 1.82) is 0 Å². The second kappa shape index (κ2) is 15.2. The van der Waals surface area contributed by atoms with Gasteiger partial charge in [-0.3, -0.25) is 0 Å². The minimum Gasteiger partial charge on any atom is -0.456 e. The van der Waals surface area contributed by atoms with Crippen molar-refractivity contribution in [3.05, 3.63) is 247 Å². The maximum absolute atomic E-state index is 6.38. The van der Waals surface area contributed by atoms with Gasteiger partial charge < -0.3 is 9.32 Å². The van der Waals surface area contributed by atoms with Crippen LogP contribution in [0, 0.1) is 0 Å². The van der Waals surface area contributed by atoms with Crippen LogP contribution in [0.25, 0.3) is 88.7 Å². The first-order chi connectivity index (χ1) is 33.3. The lowest BCUT2D eigenvalue weighted by atomic mass is 9.78. The Morgan fingerprint density at radius 3 is 1.65 bits per heavy atom. The number of anilines is 3. The molecule has 0 aliphatic heterocycles. The normalized spacial score (nSPS) is 13.8. The van der Waals surface area contributed by atoms with E-state index < -0.39 is 0 Å². The number of furan rings is 1. The van der Waals surface area contributed by atoms with Gasteiger partial charge in [0.25, 0.3) is 0 Å². The molecule has 0 spiro atoms. The van der Waals surface area contributed by atoms with Gasteiger partial charge in [0.2, 0.25) is 0 Å². The van der Waals surface area contributed by atoms with Gasteiger partial charge in [0.1, 0.15) is 11.2 Å². The molecule has 0 amide bonds. The molecule has 1 heterocycles. The highest BCUT2D eigenvalue weighted by Gasteiger charge is 2.38. The Hall–Kier alpha value is -8.20. The fourth-order valence-electron chi connectivity index (χ4n) is 11.9. The summed E-state index contributed by atoms with van der Waals surface area (Å²) in [5.41, 5.74) is 25.2. The predicted octanol–water partition coefficient (Wildman–Crippen LogP) is 18.3. The van der Waals surface area contributed by atoms with Gasteiger partial charge >= 0.3 is 0 Å². The standard InChI is InChI=1S/C66H49NO/c1-65(2)57-29-11-7-23-51(57)53-39-36-44(41-59(53)65)48-21-9-13-31-60(48)67(46-19-15-18-43(40-46)49-26-17-33-62-63(49)56-25-10-14-32-61(56)68-62)45-37-34-42(35-38-45)47-20-5-6-22-50(47)54-27-16-28-55-52-24-8-12-30-58(52)66(3,4)64(54)55/h5-41H,1-4H3. The first-order valence-corrected chi connectivity index (χ1v) is 23.8. The summed E-state index contributed by atoms with van der Waals surface area (Å²) in [5.74, 6) is 0. The molecule has 1 aromatic heterocycles. The van der Waals surface area contributed by atoms with Crippen molar-refractivity contribution >= 4 is 39.0 Å². The number of fused-ring (bicyclic) bond motifs is 9. The Kier molecular flexibility index (Phi) is 8.95. The quantitative estimate of drug-likeness (QED) is 0.159. The van der Waals surface area contributed by atoms with Gasteiger partial charge in [-0.1, -0.05) is 204 Å². The van der Waals surface area contributed by atoms with Crippen molar-refractivity contribution in [3.63, 3.8) is 0 Å². The first kappa shape index (κ1) is 40.1. The maximum Gasteiger partial charge on any atom is 0.136 e. The summed E-state index contributed by atoms with van der Waals surface area (Å²) >= 11 is 0. The molecule has 0 unspecified atom stereocenters. The van der Waals surface area contributed by atoms with Crippen LogP contribution in [-0.2, 0) is 10.8 Å². The summed E-state index contributed by atoms with van der Waals surface area (Å²) in [6.45, 7) is 9.47. The number of benzene rings is 10. The summed E-state index contributed by atoms with van der Waals surface area (Å²) in [6, 6.07) is 82.6. The molecule has 0 bridgehead atoms. The molecule has 13 rings (SSSR count). The second-order valence-electron chi connectivity index (χ2n) is 19.6. The largest absolute Gasteiger partial charge is 0.456 e. The van der Waals surface area contributed by atoms with E-state index in [0.29, 0.717) is 0 Å². The van der Waals surface area contributed by atoms with Crippen molar-refractivity contribution in [1.82, 2.24) is 0 Å². The van der Waals surface area contributed by atoms with Crippen LogP contribution < -0.4 is 4.90 Å². The van der Waals surface area contributed by atoms with Crippen molar-refractivity contribution in [3.8, 4) is 66.8 Å². The Bertz CT molecular complexity index is 3810. The summed E-state index contributed by atoms with van der Waals surface area (Å²) < 4.78 is 6.38. The van der Waals surface area contributed by atoms with Crippen LogP contribution in [0.2, 0.25) is 0 Å². The van der Waals surface area contributed by atoms with Crippen LogP contribution in [0.4, 0.5) is 17.1 Å². The van der Waals surface area contributed by atoms with E-state index >= 15 is 0 Å². The molecule has 324 valence electrons. The topological polar surface area (TPSA) is 16.4 Å². The lowest BCUT2D eigenvalue weighted by Crippen LogP contribution is -2.16. The molecule has 0 saturated carbocycles. The van der Waals surface area contributed by atoms with E-state index in [-0.39, 0.29) is 10.8 Å². The monoisotopic (exact) mass is 871 g/mol. The van der Waals surface area contributed by atoms with Gasteiger partial charge in [0, 0.05) is 38.5 Å². The van der Waals surface area contributed by atoms with E-state index in [0.717, 1.165) is 50.1 Å². The third-order valence-corrected chi connectivity index (χ3v) is 15.1. The van der Waals surface area contributed by atoms with E-state index in [1.807, 2.05) is 6.07 Å². The molecule has 11 aromatic rings. The van der Waals surface area contributed by atoms with E-state index in [1.54, 1.807) is 0 Å². The average Bonchev–Trinajstić information content (AvgIpc) is 3.97. The fourth-order valence-corrected chi connectivity index (χ4v) is 11.9. The summed E-state index contributed by atoms with van der Waals surface area (Å²) in [7, 11) is 0. The molecule has 2 aliphatic carbocycles. The number of nitrogens with zero attached hydrogens (tertiary/aromatic N) is 1. The zero-order chi connectivity index (χ0) is 45.7. The number of rotatable bonds is 7. The molecule has 10 aromatic carbocycles. The Labute approximate surface area is 398 Å². The van der Waals surface area contributed by atoms with Crippen molar-refractivity contribution < 1.29 is 4.42 Å². The van der Waals surface area contributed by atoms with Crippen LogP contribution >= 0.6 is 0 Å². The summed E-state index contributed by atoms with van der Waals surface area (Å²) in [6.07, 6.45) is 0. The zero-order valence-corrected chi connectivity index (χ0v) is 38.7. The van der Waals surface area contributed by atoms with E-state index in [9.17, 15) is 0 Å². The Morgan fingerprint density at radius 2 is 0.853 bits per heavy atom. The first-order valence-electron chi connectivity index (χ1n) is 23.8. The molecule has 0 atom stereocenters. The van der Waals surface area contributed by atoms with Crippen LogP contribution in [0.1, 0.15) is 49.9 Å². The molecule has 2 aliphatic rings. The lowest BCUT2D eigenvalue weighted by molar-refractivity contribution is 0.660. The smallest absolute Gasteiger partial charge is 0.136 e. The molecule has 0 N–H and O–H groups in total. The predicted molar refractivity (Wildman–Crippen MR) is 285 cm³/mol. The fraction of sp³-hybridized carbons (Fsp3) is 0.0909. The van der Waals surface area contributed by atoms with Gasteiger partial charge in [-0.2, -0.15) is 0 Å². The lowest BCUT2D eigenvalue weighted by Gasteiger charge is -2.29. The molecular formula is C66H49NO. The van der Waals surface area contributed by atoms with E-state index in [1.165, 1.54) is 77.9 Å². The molecule has 0 fully saturated rings. The third-order valence-electron chi connectivity index (χ3n) is 15.1. The highest BCUT2D eigenvalue weighted by atomic mass is 16.3. The SMILES string of the molecule is CC1(C)c2ccccc2-c2ccc(-c3ccccc3N(c3ccc(-c4ccccc4-c4cccc5c4C(C)(C)c4ccccc4-5)cc3)c3cccc(-c4cccc5oc6ccccc6c45)c3)cc21. The number of para-hydroxylation sites is 2. The van der Waals surface area contributed by atoms with Gasteiger partial charge in [-0.05, 0) is 132 Å². The number of hydrogen-bond donors (Lipinski definition) is 0. The van der Waals surface area contributed by atoms with Crippen LogP contribution in [0.5, 0.6) is 0 Å². The maximum atomic E-state index is 6.38. The van der Waals surface area contributed by atoms with Crippen molar-refractivity contribution in [2.45, 2.75) is 38.5 Å². The molecule has 0 radical (unpaired) electrons.